The summed E-state index contributed by atoms with van der Waals surface area (Å²) < 4.78 is 15.1. The summed E-state index contributed by atoms with van der Waals surface area (Å²) in [6.45, 7) is 5.33. The zero-order valence-electron chi connectivity index (χ0n) is 12.3. The van der Waals surface area contributed by atoms with E-state index in [0.29, 0.717) is 11.6 Å². The van der Waals surface area contributed by atoms with Crippen molar-refractivity contribution in [3.8, 4) is 17.4 Å². The van der Waals surface area contributed by atoms with Crippen molar-refractivity contribution in [3.63, 3.8) is 0 Å². The van der Waals surface area contributed by atoms with Crippen LogP contribution in [0.2, 0.25) is 0 Å². The number of ether oxygens (including phenoxy) is 2. The molecule has 0 atom stereocenters. The number of carbonyl (C=O) groups excluding carboxylic acids is 1. The van der Waals surface area contributed by atoms with Crippen LogP contribution in [-0.4, -0.2) is 40.0 Å². The van der Waals surface area contributed by atoms with Gasteiger partial charge in [-0.25, -0.2) is 0 Å². The summed E-state index contributed by atoms with van der Waals surface area (Å²) in [5.74, 6) is 0.362. The number of hydrogen-bond acceptors (Lipinski definition) is 8. The number of methoxy groups -OCH3 is 1. The van der Waals surface area contributed by atoms with E-state index < -0.39 is 11.4 Å². The summed E-state index contributed by atoms with van der Waals surface area (Å²) in [5, 5.41) is 11.6. The van der Waals surface area contributed by atoms with Gasteiger partial charge in [0.15, 0.2) is 0 Å². The number of hydrogen-bond donors (Lipinski definition) is 0. The van der Waals surface area contributed by atoms with Gasteiger partial charge in [0.25, 0.3) is 0 Å². The monoisotopic (exact) mass is 292 g/mol. The fourth-order valence-corrected chi connectivity index (χ4v) is 1.53. The van der Waals surface area contributed by atoms with Crippen molar-refractivity contribution in [2.75, 3.05) is 13.7 Å². The van der Waals surface area contributed by atoms with Crippen molar-refractivity contribution in [1.82, 2.24) is 20.3 Å². The highest BCUT2D eigenvalue weighted by atomic mass is 16.5. The predicted molar refractivity (Wildman–Crippen MR) is 71.5 cm³/mol. The van der Waals surface area contributed by atoms with E-state index in [4.69, 9.17) is 14.0 Å². The maximum atomic E-state index is 11.9. The van der Waals surface area contributed by atoms with Crippen LogP contribution in [-0.2, 0) is 14.9 Å². The Balaban J connectivity index is 2.26. The molecular formula is C13H16N4O4. The number of carbonyl (C=O) groups is 1. The van der Waals surface area contributed by atoms with E-state index in [1.54, 1.807) is 32.9 Å². The van der Waals surface area contributed by atoms with Crippen molar-refractivity contribution in [3.05, 3.63) is 18.0 Å². The van der Waals surface area contributed by atoms with Crippen LogP contribution in [0.5, 0.6) is 5.88 Å². The first kappa shape index (κ1) is 14.9. The standard InChI is InChI=1S/C13H16N4O4/c1-5-20-12(18)13(2,3)11-14-10(17-21-11)8-6-7-9(19-4)16-15-8/h6-7H,5H2,1-4H3. The van der Waals surface area contributed by atoms with Gasteiger partial charge >= 0.3 is 5.97 Å². The van der Waals surface area contributed by atoms with Crippen molar-refractivity contribution in [1.29, 1.82) is 0 Å². The number of nitrogens with zero attached hydrogens (tertiary/aromatic N) is 4. The van der Waals surface area contributed by atoms with Gasteiger partial charge in [0.1, 0.15) is 11.1 Å². The van der Waals surface area contributed by atoms with Crippen LogP contribution in [0.15, 0.2) is 16.7 Å². The molecule has 0 N–H and O–H groups in total. The van der Waals surface area contributed by atoms with Crippen LogP contribution >= 0.6 is 0 Å². The molecule has 0 spiro atoms. The third kappa shape index (κ3) is 2.99. The Bertz CT molecular complexity index is 621. The van der Waals surface area contributed by atoms with Crippen molar-refractivity contribution in [2.45, 2.75) is 26.2 Å². The molecule has 8 nitrogen and oxygen atoms in total. The summed E-state index contributed by atoms with van der Waals surface area (Å²) in [6.07, 6.45) is 0. The summed E-state index contributed by atoms with van der Waals surface area (Å²) in [7, 11) is 1.50. The van der Waals surface area contributed by atoms with Gasteiger partial charge in [0, 0.05) is 6.07 Å². The maximum absolute atomic E-state index is 11.9. The van der Waals surface area contributed by atoms with E-state index in [1.807, 2.05) is 0 Å². The Morgan fingerprint density at radius 2 is 2.10 bits per heavy atom. The van der Waals surface area contributed by atoms with E-state index in [0.717, 1.165) is 0 Å². The molecule has 0 unspecified atom stereocenters. The number of rotatable bonds is 5. The van der Waals surface area contributed by atoms with Gasteiger partial charge < -0.3 is 14.0 Å². The zero-order valence-corrected chi connectivity index (χ0v) is 12.3. The van der Waals surface area contributed by atoms with Gasteiger partial charge in [0.2, 0.25) is 17.6 Å². The molecule has 0 aliphatic heterocycles. The predicted octanol–water partition coefficient (Wildman–Crippen LogP) is 1.38. The highest BCUT2D eigenvalue weighted by molar-refractivity contribution is 5.80. The summed E-state index contributed by atoms with van der Waals surface area (Å²) in [6, 6.07) is 3.28. The van der Waals surface area contributed by atoms with Gasteiger partial charge in [-0.2, -0.15) is 4.98 Å². The third-order valence-corrected chi connectivity index (χ3v) is 2.82. The lowest BCUT2D eigenvalue weighted by atomic mass is 9.94. The smallest absolute Gasteiger partial charge is 0.321 e. The Labute approximate surface area is 121 Å². The van der Waals surface area contributed by atoms with Gasteiger partial charge in [0.05, 0.1) is 13.7 Å². The molecule has 8 heteroatoms. The minimum Gasteiger partial charge on any atom is -0.480 e. The largest absolute Gasteiger partial charge is 0.480 e. The normalized spacial score (nSPS) is 11.2. The topological polar surface area (TPSA) is 100 Å². The molecule has 0 bridgehead atoms. The molecule has 2 heterocycles. The van der Waals surface area contributed by atoms with Crippen LogP contribution < -0.4 is 4.74 Å². The fourth-order valence-electron chi connectivity index (χ4n) is 1.53. The van der Waals surface area contributed by atoms with E-state index >= 15 is 0 Å². The maximum Gasteiger partial charge on any atom is 0.321 e. The average molecular weight is 292 g/mol. The Hall–Kier alpha value is -2.51. The second-order valence-electron chi connectivity index (χ2n) is 4.73. The lowest BCUT2D eigenvalue weighted by molar-refractivity contribution is -0.149. The molecule has 21 heavy (non-hydrogen) atoms. The Morgan fingerprint density at radius 3 is 2.67 bits per heavy atom. The summed E-state index contributed by atoms with van der Waals surface area (Å²) in [4.78, 5) is 16.1. The van der Waals surface area contributed by atoms with Crippen LogP contribution in [0.25, 0.3) is 11.5 Å². The van der Waals surface area contributed by atoms with E-state index in [9.17, 15) is 4.79 Å². The van der Waals surface area contributed by atoms with Crippen LogP contribution in [0.3, 0.4) is 0 Å². The molecule has 2 aromatic heterocycles. The summed E-state index contributed by atoms with van der Waals surface area (Å²) >= 11 is 0. The minimum absolute atomic E-state index is 0.161. The lowest BCUT2D eigenvalue weighted by Gasteiger charge is -2.16. The minimum atomic E-state index is -1.03. The molecule has 0 saturated carbocycles. The molecule has 2 aromatic rings. The number of aromatic nitrogens is 4. The SMILES string of the molecule is CCOC(=O)C(C)(C)c1nc(-c2ccc(OC)nn2)no1. The highest BCUT2D eigenvalue weighted by Gasteiger charge is 2.37. The zero-order chi connectivity index (χ0) is 15.5. The average Bonchev–Trinajstić information content (AvgIpc) is 2.98. The molecule has 0 aliphatic rings. The van der Waals surface area contributed by atoms with E-state index in [2.05, 4.69) is 20.3 Å². The van der Waals surface area contributed by atoms with Crippen molar-refractivity contribution >= 4 is 5.97 Å². The third-order valence-electron chi connectivity index (χ3n) is 2.82. The van der Waals surface area contributed by atoms with Crippen LogP contribution in [0, 0.1) is 0 Å². The molecule has 0 radical (unpaired) electrons. The molecular weight excluding hydrogens is 276 g/mol. The molecule has 0 aliphatic carbocycles. The molecule has 0 amide bonds. The fraction of sp³-hybridized carbons (Fsp3) is 0.462. The second-order valence-corrected chi connectivity index (χ2v) is 4.73. The highest BCUT2D eigenvalue weighted by Crippen LogP contribution is 2.25. The first-order valence-electron chi connectivity index (χ1n) is 6.38. The van der Waals surface area contributed by atoms with Crippen molar-refractivity contribution < 1.29 is 18.8 Å². The quantitative estimate of drug-likeness (QED) is 0.762. The first-order chi connectivity index (χ1) is 9.98. The van der Waals surface area contributed by atoms with Crippen LogP contribution in [0.4, 0.5) is 0 Å². The first-order valence-corrected chi connectivity index (χ1v) is 6.38. The van der Waals surface area contributed by atoms with E-state index in [-0.39, 0.29) is 18.3 Å². The molecule has 2 rings (SSSR count). The molecule has 112 valence electrons. The van der Waals surface area contributed by atoms with Gasteiger partial charge in [-0.05, 0) is 26.8 Å². The molecule has 0 aromatic carbocycles. The van der Waals surface area contributed by atoms with Gasteiger partial charge in [-0.15, -0.1) is 10.2 Å². The van der Waals surface area contributed by atoms with Crippen molar-refractivity contribution in [2.24, 2.45) is 0 Å². The second kappa shape index (κ2) is 5.86. The molecule has 0 fully saturated rings. The Kier molecular flexibility index (Phi) is 4.15. The molecule has 0 saturated heterocycles. The van der Waals surface area contributed by atoms with Gasteiger partial charge in [-0.1, -0.05) is 5.16 Å². The van der Waals surface area contributed by atoms with Crippen LogP contribution in [0.1, 0.15) is 26.7 Å². The Morgan fingerprint density at radius 1 is 1.33 bits per heavy atom. The van der Waals surface area contributed by atoms with E-state index in [1.165, 1.54) is 7.11 Å². The number of esters is 1. The lowest BCUT2D eigenvalue weighted by Crippen LogP contribution is -2.31. The van der Waals surface area contributed by atoms with Gasteiger partial charge in [-0.3, -0.25) is 4.79 Å². The summed E-state index contributed by atoms with van der Waals surface area (Å²) in [5.41, 5.74) is -0.605.